The fourth-order valence-corrected chi connectivity index (χ4v) is 8.63. The van der Waals surface area contributed by atoms with E-state index in [2.05, 4.69) is 165 Å². The smallest absolute Gasteiger partial charge is 0.268 e. The van der Waals surface area contributed by atoms with Gasteiger partial charge in [-0.25, -0.2) is 0 Å². The molecule has 4 atom stereocenters. The van der Waals surface area contributed by atoms with Crippen molar-refractivity contribution in [1.82, 2.24) is 5.32 Å². The van der Waals surface area contributed by atoms with E-state index in [1.807, 2.05) is 21.1 Å². The van der Waals surface area contributed by atoms with Gasteiger partial charge in [-0.05, 0) is 122 Å². The average molecular weight is 1090 g/mol. The van der Waals surface area contributed by atoms with Crippen LogP contribution in [0.15, 0.2) is 146 Å². The molecule has 0 saturated carbocycles. The van der Waals surface area contributed by atoms with Crippen molar-refractivity contribution >= 4 is 13.7 Å². The number of amides is 1. The number of aliphatic hydroxyl groups excluding tert-OH is 2. The second kappa shape index (κ2) is 55.6. The molecular weight excluding hydrogens is 976 g/mol. The molecule has 438 valence electrons. The number of nitrogens with zero attached hydrogens (tertiary/aromatic N) is 1. The Balaban J connectivity index is 4.20. The summed E-state index contributed by atoms with van der Waals surface area (Å²) in [5, 5.41) is 24.7. The molecule has 0 radical (unpaired) electrons. The van der Waals surface area contributed by atoms with Gasteiger partial charge >= 0.3 is 0 Å². The number of quaternary nitrogens is 1. The number of unbranched alkanes of at least 4 members (excludes halogenated alkanes) is 15. The molecule has 0 heterocycles. The van der Waals surface area contributed by atoms with Gasteiger partial charge in [0.25, 0.3) is 7.82 Å². The number of carbonyl (C=O) groups is 1. The highest BCUT2D eigenvalue weighted by molar-refractivity contribution is 7.45. The number of hydrogen-bond acceptors (Lipinski definition) is 7. The van der Waals surface area contributed by atoms with E-state index in [4.69, 9.17) is 9.05 Å². The molecule has 0 aromatic heterocycles. The van der Waals surface area contributed by atoms with E-state index in [0.717, 1.165) is 116 Å². The number of phosphoric acid groups is 1. The largest absolute Gasteiger partial charge is 0.756 e. The molecule has 0 aliphatic heterocycles. The second-order valence-electron chi connectivity index (χ2n) is 21.1. The van der Waals surface area contributed by atoms with Crippen molar-refractivity contribution in [1.29, 1.82) is 0 Å². The Morgan fingerprint density at radius 3 is 1.21 bits per heavy atom. The molecule has 0 aliphatic carbocycles. The van der Waals surface area contributed by atoms with Gasteiger partial charge in [-0.3, -0.25) is 9.36 Å². The number of likely N-dealkylation sites (N-methyl/N-ethyl adjacent to an activating group) is 1. The Labute approximate surface area is 472 Å². The third-order valence-corrected chi connectivity index (χ3v) is 13.6. The van der Waals surface area contributed by atoms with Gasteiger partial charge in [-0.2, -0.15) is 0 Å². The van der Waals surface area contributed by atoms with Gasteiger partial charge in [0, 0.05) is 6.42 Å². The zero-order valence-electron chi connectivity index (χ0n) is 49.5. The molecule has 0 aliphatic rings. The molecule has 0 saturated heterocycles. The second-order valence-corrected chi connectivity index (χ2v) is 22.5. The van der Waals surface area contributed by atoms with Crippen LogP contribution in [0.4, 0.5) is 0 Å². The lowest BCUT2D eigenvalue weighted by Gasteiger charge is -2.31. The van der Waals surface area contributed by atoms with E-state index in [1.54, 1.807) is 0 Å². The number of nitrogens with one attached hydrogen (secondary N) is 1. The molecule has 0 fully saturated rings. The maximum atomic E-state index is 13.0. The standard InChI is InChI=1S/C67H113N2O7P/c1-6-8-10-12-14-16-18-20-21-22-23-24-25-26-27-28-29-30-31-32-33-34-35-36-37-38-39-40-41-42-43-44-45-46-47-48-50-52-54-56-58-60-66(71)68-64(63-76-77(73,74)75-62-61-69(3,4)5)67(72)65(70)59-57-55-53-51-49-19-17-15-13-11-9-7-2/h8,10,14,16,20-21,23-24,26-27,29-30,32-33,35-36,38-39,41-42,44-45,51,53,64-65,67,70,72H,6-7,9,11-13,15,17-19,22,25,28,31,34,37,40,43,46-50,52,54-63H2,1-5H3,(H-,68,71,73,74)/b10-8-,16-14-,21-20-,24-23-,27-26-,30-29-,33-32-,36-35-,39-38-,42-41-,45-44-,53-51+. The first-order chi connectivity index (χ1) is 37.4. The summed E-state index contributed by atoms with van der Waals surface area (Å²) in [6.07, 6.45) is 82.1. The molecule has 10 heteroatoms. The highest BCUT2D eigenvalue weighted by atomic mass is 31.2. The van der Waals surface area contributed by atoms with Crippen LogP contribution in [0.1, 0.15) is 213 Å². The van der Waals surface area contributed by atoms with Crippen molar-refractivity contribution in [3.05, 3.63) is 146 Å². The van der Waals surface area contributed by atoms with E-state index in [9.17, 15) is 24.5 Å². The molecule has 0 rings (SSSR count). The number of rotatable bonds is 53. The summed E-state index contributed by atoms with van der Waals surface area (Å²) in [5.41, 5.74) is 0. The van der Waals surface area contributed by atoms with Gasteiger partial charge < -0.3 is 34.0 Å². The highest BCUT2D eigenvalue weighted by Crippen LogP contribution is 2.38. The van der Waals surface area contributed by atoms with Crippen molar-refractivity contribution in [3.63, 3.8) is 0 Å². The van der Waals surface area contributed by atoms with Crippen LogP contribution in [0.5, 0.6) is 0 Å². The molecule has 9 nitrogen and oxygen atoms in total. The van der Waals surface area contributed by atoms with Gasteiger partial charge in [0.2, 0.25) is 5.91 Å². The van der Waals surface area contributed by atoms with Crippen molar-refractivity contribution in [2.45, 2.75) is 231 Å². The van der Waals surface area contributed by atoms with Crippen molar-refractivity contribution in [2.75, 3.05) is 40.9 Å². The number of hydrogen-bond donors (Lipinski definition) is 3. The molecule has 0 aromatic rings. The summed E-state index contributed by atoms with van der Waals surface area (Å²) >= 11 is 0. The van der Waals surface area contributed by atoms with Crippen LogP contribution in [0.25, 0.3) is 0 Å². The Morgan fingerprint density at radius 2 is 0.818 bits per heavy atom. The Bertz CT molecular complexity index is 1780. The lowest BCUT2D eigenvalue weighted by atomic mass is 10.0. The van der Waals surface area contributed by atoms with E-state index in [1.165, 1.54) is 57.8 Å². The van der Waals surface area contributed by atoms with E-state index in [-0.39, 0.29) is 18.9 Å². The molecule has 77 heavy (non-hydrogen) atoms. The summed E-state index contributed by atoms with van der Waals surface area (Å²) in [4.78, 5) is 25.5. The van der Waals surface area contributed by atoms with Crippen LogP contribution in [0.2, 0.25) is 0 Å². The Morgan fingerprint density at radius 1 is 0.481 bits per heavy atom. The predicted octanol–water partition coefficient (Wildman–Crippen LogP) is 17.2. The van der Waals surface area contributed by atoms with E-state index >= 15 is 0 Å². The predicted molar refractivity (Wildman–Crippen MR) is 331 cm³/mol. The van der Waals surface area contributed by atoms with Crippen LogP contribution >= 0.6 is 7.82 Å². The summed E-state index contributed by atoms with van der Waals surface area (Å²) in [5.74, 6) is -0.306. The summed E-state index contributed by atoms with van der Waals surface area (Å²) < 4.78 is 23.2. The average Bonchev–Trinajstić information content (AvgIpc) is 3.39. The maximum Gasteiger partial charge on any atom is 0.268 e. The van der Waals surface area contributed by atoms with Gasteiger partial charge in [-0.1, -0.05) is 230 Å². The van der Waals surface area contributed by atoms with E-state index in [0.29, 0.717) is 30.3 Å². The van der Waals surface area contributed by atoms with Gasteiger partial charge in [0.15, 0.2) is 0 Å². The normalized spacial score (nSPS) is 15.3. The third-order valence-electron chi connectivity index (χ3n) is 12.7. The SMILES string of the molecule is CC/C=C\C/C=C\C/C=C\C/C=C\C/C=C\C/C=C\C/C=C\C/C=C\C/C=C\C/C=C\C/C=C\CCCCCCCCCC(=O)NC(COP(=O)([O-])OCC[N+](C)(C)C)C(O)C(O)CCC/C=C/CCCCCCCCC. The first kappa shape index (κ1) is 73.3. The van der Waals surface area contributed by atoms with Crippen molar-refractivity contribution in [2.24, 2.45) is 0 Å². The number of carbonyl (C=O) groups excluding carboxylic acids is 1. The molecule has 4 unspecified atom stereocenters. The molecule has 3 N–H and O–H groups in total. The zero-order chi connectivity index (χ0) is 56.4. The lowest BCUT2D eigenvalue weighted by Crippen LogP contribution is -2.51. The van der Waals surface area contributed by atoms with Crippen LogP contribution in [-0.4, -0.2) is 79.8 Å². The topological polar surface area (TPSA) is 128 Å². The zero-order valence-corrected chi connectivity index (χ0v) is 50.4. The molecule has 0 spiro atoms. The minimum Gasteiger partial charge on any atom is -0.756 e. The van der Waals surface area contributed by atoms with E-state index < -0.39 is 32.7 Å². The monoisotopic (exact) mass is 1090 g/mol. The summed E-state index contributed by atoms with van der Waals surface area (Å²) in [7, 11) is 1.08. The third kappa shape index (κ3) is 56.9. The molecule has 1 amide bonds. The summed E-state index contributed by atoms with van der Waals surface area (Å²) in [6, 6.07) is -1.11. The van der Waals surface area contributed by atoms with Gasteiger partial charge in [-0.15, -0.1) is 0 Å². The fourth-order valence-electron chi connectivity index (χ4n) is 7.91. The Kier molecular flexibility index (Phi) is 53.0. The highest BCUT2D eigenvalue weighted by Gasteiger charge is 2.29. The van der Waals surface area contributed by atoms with Gasteiger partial charge in [0.1, 0.15) is 19.3 Å². The first-order valence-corrected chi connectivity index (χ1v) is 31.7. The van der Waals surface area contributed by atoms with Crippen LogP contribution in [0, 0.1) is 0 Å². The maximum absolute atomic E-state index is 13.0. The first-order valence-electron chi connectivity index (χ1n) is 30.3. The fraction of sp³-hybridized carbons (Fsp3) is 0.627. The van der Waals surface area contributed by atoms with Crippen LogP contribution in [-0.2, 0) is 18.4 Å². The van der Waals surface area contributed by atoms with Crippen LogP contribution in [0.3, 0.4) is 0 Å². The quantitative estimate of drug-likeness (QED) is 0.0239. The number of aliphatic hydroxyl groups is 2. The molecular formula is C67H113N2O7P. The number of allylic oxidation sites excluding steroid dienone is 24. The van der Waals surface area contributed by atoms with Crippen molar-refractivity contribution < 1.29 is 38.0 Å². The van der Waals surface area contributed by atoms with Crippen LogP contribution < -0.4 is 10.2 Å². The lowest BCUT2D eigenvalue weighted by molar-refractivity contribution is -0.870. The van der Waals surface area contributed by atoms with Crippen molar-refractivity contribution in [3.8, 4) is 0 Å². The minimum atomic E-state index is -4.69. The van der Waals surface area contributed by atoms with Gasteiger partial charge in [0.05, 0.1) is 39.9 Å². The Hall–Kier alpha value is -3.66. The minimum absolute atomic E-state index is 0.0558. The molecule has 0 bridgehead atoms. The number of phosphoric ester groups is 1. The summed E-state index contributed by atoms with van der Waals surface area (Å²) in [6.45, 7) is 4.26. The molecule has 0 aromatic carbocycles.